The molecule has 2 rings (SSSR count). The summed E-state index contributed by atoms with van der Waals surface area (Å²) in [6.07, 6.45) is 7.00. The molecule has 0 radical (unpaired) electrons. The smallest absolute Gasteiger partial charge is 0.285 e. The van der Waals surface area contributed by atoms with Gasteiger partial charge in [-0.2, -0.15) is 0 Å². The first-order valence-electron chi connectivity index (χ1n) is 7.18. The number of nitro groups is 1. The average molecular weight is 293 g/mol. The second-order valence-electron chi connectivity index (χ2n) is 5.42. The molecule has 1 amide bonds. The van der Waals surface area contributed by atoms with Gasteiger partial charge in [0.2, 0.25) is 5.91 Å². The van der Waals surface area contributed by atoms with Crippen molar-refractivity contribution < 1.29 is 9.72 Å². The second-order valence-corrected chi connectivity index (χ2v) is 5.42. The Balaban J connectivity index is 1.91. The molecule has 1 aromatic heterocycles. The van der Waals surface area contributed by atoms with Crippen molar-refractivity contribution in [3.05, 3.63) is 38.8 Å². The summed E-state index contributed by atoms with van der Waals surface area (Å²) in [6.45, 7) is 0.426. The van der Waals surface area contributed by atoms with Gasteiger partial charge in [0.05, 0.1) is 11.1 Å². The van der Waals surface area contributed by atoms with E-state index in [1.54, 1.807) is 0 Å². The molecule has 1 fully saturated rings. The summed E-state index contributed by atoms with van der Waals surface area (Å²) in [4.78, 5) is 33.5. The number of carbonyl (C=O) groups excluding carboxylic acids is 1. The van der Waals surface area contributed by atoms with E-state index in [2.05, 4.69) is 5.32 Å². The molecule has 1 heterocycles. The molecule has 1 aromatic rings. The summed E-state index contributed by atoms with van der Waals surface area (Å²) in [5.74, 6) is 0.215. The molecule has 7 heteroatoms. The highest BCUT2D eigenvalue weighted by molar-refractivity contribution is 5.75. The van der Waals surface area contributed by atoms with Gasteiger partial charge in [-0.05, 0) is 18.8 Å². The topological polar surface area (TPSA) is 94.2 Å². The van der Waals surface area contributed by atoms with Gasteiger partial charge in [-0.1, -0.05) is 19.3 Å². The number of hydrogen-bond donors (Lipinski definition) is 1. The molecule has 1 N–H and O–H groups in total. The first-order valence-corrected chi connectivity index (χ1v) is 7.18. The van der Waals surface area contributed by atoms with Crippen molar-refractivity contribution in [1.82, 2.24) is 9.88 Å². The predicted octanol–water partition coefficient (Wildman–Crippen LogP) is 1.45. The number of rotatable bonds is 5. The summed E-state index contributed by atoms with van der Waals surface area (Å²) in [5, 5.41) is 13.5. The minimum Gasteiger partial charge on any atom is -0.354 e. The lowest BCUT2D eigenvalue weighted by atomic mass is 9.89. The maximum Gasteiger partial charge on any atom is 0.285 e. The fourth-order valence-corrected chi connectivity index (χ4v) is 2.61. The zero-order valence-electron chi connectivity index (χ0n) is 11.8. The van der Waals surface area contributed by atoms with Gasteiger partial charge in [0, 0.05) is 18.7 Å². The van der Waals surface area contributed by atoms with E-state index in [0.29, 0.717) is 12.5 Å². The Kier molecular flexibility index (Phi) is 5.08. The third-order valence-corrected chi connectivity index (χ3v) is 3.81. The summed E-state index contributed by atoms with van der Waals surface area (Å²) in [5.41, 5.74) is -0.622. The molecule has 1 aliphatic carbocycles. The number of aromatic nitrogens is 1. The van der Waals surface area contributed by atoms with Crippen LogP contribution in [0.5, 0.6) is 0 Å². The zero-order valence-corrected chi connectivity index (χ0v) is 11.8. The Morgan fingerprint density at radius 2 is 2.05 bits per heavy atom. The van der Waals surface area contributed by atoms with E-state index in [1.165, 1.54) is 19.3 Å². The first kappa shape index (κ1) is 15.2. The van der Waals surface area contributed by atoms with Crippen molar-refractivity contribution in [3.63, 3.8) is 0 Å². The third-order valence-electron chi connectivity index (χ3n) is 3.81. The van der Waals surface area contributed by atoms with E-state index in [0.717, 1.165) is 35.7 Å². The van der Waals surface area contributed by atoms with Crippen LogP contribution in [0.15, 0.2) is 23.1 Å². The minimum atomic E-state index is -0.587. The lowest BCUT2D eigenvalue weighted by Gasteiger charge is -2.21. The monoisotopic (exact) mass is 293 g/mol. The highest BCUT2D eigenvalue weighted by atomic mass is 16.6. The summed E-state index contributed by atoms with van der Waals surface area (Å²) < 4.78 is 1.06. The molecule has 0 bridgehead atoms. The average Bonchev–Trinajstić information content (AvgIpc) is 2.48. The number of nitrogens with zero attached hydrogens (tertiary/aromatic N) is 2. The first-order chi connectivity index (χ1) is 10.1. The summed E-state index contributed by atoms with van der Waals surface area (Å²) in [7, 11) is 0. The maximum atomic E-state index is 11.8. The Morgan fingerprint density at radius 3 is 2.71 bits per heavy atom. The Hall–Kier alpha value is -2.18. The Bertz CT molecular complexity index is 576. The van der Waals surface area contributed by atoms with Gasteiger partial charge in [0.25, 0.3) is 11.2 Å². The maximum absolute atomic E-state index is 11.8. The van der Waals surface area contributed by atoms with Gasteiger partial charge < -0.3 is 5.32 Å². The van der Waals surface area contributed by atoms with Crippen LogP contribution in [0.3, 0.4) is 0 Å². The summed E-state index contributed by atoms with van der Waals surface area (Å²) in [6, 6.07) is 2.24. The van der Waals surface area contributed by atoms with E-state index in [1.807, 2.05) is 0 Å². The van der Waals surface area contributed by atoms with Crippen LogP contribution in [-0.2, 0) is 11.3 Å². The van der Waals surface area contributed by atoms with Gasteiger partial charge >= 0.3 is 0 Å². The van der Waals surface area contributed by atoms with Crippen molar-refractivity contribution in [2.24, 2.45) is 5.92 Å². The lowest BCUT2D eigenvalue weighted by Crippen LogP contribution is -2.35. The van der Waals surface area contributed by atoms with Crippen molar-refractivity contribution in [3.8, 4) is 0 Å². The molecule has 114 valence electrons. The molecule has 0 atom stereocenters. The standard InChI is InChI=1S/C14H19N3O4/c18-13(15-8-11-4-2-1-3-5-11)10-16-9-12(17(20)21)6-7-14(16)19/h6-7,9,11H,1-5,8,10H2,(H,15,18). The van der Waals surface area contributed by atoms with Crippen LogP contribution in [-0.4, -0.2) is 21.9 Å². The van der Waals surface area contributed by atoms with Gasteiger partial charge in [-0.3, -0.25) is 24.3 Å². The molecule has 1 aliphatic rings. The number of hydrogen-bond acceptors (Lipinski definition) is 4. The number of carbonyl (C=O) groups is 1. The van der Waals surface area contributed by atoms with Crippen LogP contribution >= 0.6 is 0 Å². The van der Waals surface area contributed by atoms with Gasteiger partial charge in [0.1, 0.15) is 6.54 Å². The molecular formula is C14H19N3O4. The van der Waals surface area contributed by atoms with Gasteiger partial charge in [-0.15, -0.1) is 0 Å². The number of nitrogens with one attached hydrogen (secondary N) is 1. The molecule has 0 unspecified atom stereocenters. The van der Waals surface area contributed by atoms with Crippen molar-refractivity contribution in [1.29, 1.82) is 0 Å². The highest BCUT2D eigenvalue weighted by Crippen LogP contribution is 2.22. The summed E-state index contributed by atoms with van der Waals surface area (Å²) >= 11 is 0. The zero-order chi connectivity index (χ0) is 15.2. The molecule has 0 spiro atoms. The predicted molar refractivity (Wildman–Crippen MR) is 76.9 cm³/mol. The van der Waals surface area contributed by atoms with E-state index >= 15 is 0 Å². The number of amides is 1. The molecule has 7 nitrogen and oxygen atoms in total. The SMILES string of the molecule is O=C(Cn1cc([N+](=O)[O-])ccc1=O)NCC1CCCCC1. The lowest BCUT2D eigenvalue weighted by molar-refractivity contribution is -0.385. The third kappa shape index (κ3) is 4.40. The molecule has 0 aliphatic heterocycles. The van der Waals surface area contributed by atoms with Crippen LogP contribution in [0.4, 0.5) is 5.69 Å². The van der Waals surface area contributed by atoms with Crippen LogP contribution < -0.4 is 10.9 Å². The van der Waals surface area contributed by atoms with Gasteiger partial charge in [0.15, 0.2) is 0 Å². The fourth-order valence-electron chi connectivity index (χ4n) is 2.61. The quantitative estimate of drug-likeness (QED) is 0.656. The van der Waals surface area contributed by atoms with E-state index in [-0.39, 0.29) is 18.1 Å². The molecule has 0 saturated heterocycles. The molecular weight excluding hydrogens is 274 g/mol. The van der Waals surface area contributed by atoms with E-state index < -0.39 is 10.5 Å². The highest BCUT2D eigenvalue weighted by Gasteiger charge is 2.15. The minimum absolute atomic E-state index is 0.187. The molecule has 0 aromatic carbocycles. The van der Waals surface area contributed by atoms with Crippen molar-refractivity contribution in [2.75, 3.05) is 6.54 Å². The van der Waals surface area contributed by atoms with E-state index in [9.17, 15) is 19.7 Å². The Morgan fingerprint density at radius 1 is 1.33 bits per heavy atom. The van der Waals surface area contributed by atoms with Crippen LogP contribution in [0.2, 0.25) is 0 Å². The van der Waals surface area contributed by atoms with Crippen molar-refractivity contribution in [2.45, 2.75) is 38.6 Å². The normalized spacial score (nSPS) is 15.6. The van der Waals surface area contributed by atoms with Crippen molar-refractivity contribution >= 4 is 11.6 Å². The largest absolute Gasteiger partial charge is 0.354 e. The number of pyridine rings is 1. The second kappa shape index (κ2) is 7.01. The van der Waals surface area contributed by atoms with Crippen LogP contribution in [0.25, 0.3) is 0 Å². The van der Waals surface area contributed by atoms with Crippen LogP contribution in [0, 0.1) is 16.0 Å². The molecule has 21 heavy (non-hydrogen) atoms. The fraction of sp³-hybridized carbons (Fsp3) is 0.571. The van der Waals surface area contributed by atoms with Gasteiger partial charge in [-0.25, -0.2) is 0 Å². The van der Waals surface area contributed by atoms with E-state index in [4.69, 9.17) is 0 Å². The van der Waals surface area contributed by atoms with Crippen LogP contribution in [0.1, 0.15) is 32.1 Å². The molecule has 1 saturated carbocycles. The Labute approximate surface area is 122 Å².